The maximum Gasteiger partial charge on any atom is 0.102 e. The molecule has 0 aliphatic carbocycles. The zero-order valence-corrected chi connectivity index (χ0v) is 8.12. The summed E-state index contributed by atoms with van der Waals surface area (Å²) < 4.78 is 11.6. The number of nitrogens with one attached hydrogen (secondary N) is 1. The molecule has 0 saturated carbocycles. The molecule has 0 radical (unpaired) electrons. The Morgan fingerprint density at radius 3 is 2.50 bits per heavy atom. The smallest absolute Gasteiger partial charge is 0.102 e. The summed E-state index contributed by atoms with van der Waals surface area (Å²) >= 11 is 3.37. The van der Waals surface area contributed by atoms with Gasteiger partial charge < -0.3 is 5.32 Å². The van der Waals surface area contributed by atoms with Crippen LogP contribution in [0.3, 0.4) is 0 Å². The van der Waals surface area contributed by atoms with Crippen LogP contribution < -0.4 is 5.32 Å². The second kappa shape index (κ2) is 6.10. The van der Waals surface area contributed by atoms with Crippen LogP contribution in [0.5, 0.6) is 0 Å². The van der Waals surface area contributed by atoms with Crippen LogP contribution in [-0.4, -0.2) is 24.6 Å². The Morgan fingerprint density at radius 1 is 1.50 bits per heavy atom. The second-order valence-electron chi connectivity index (χ2n) is 2.56. The van der Waals surface area contributed by atoms with Gasteiger partial charge in [-0.15, -0.1) is 0 Å². The molecule has 0 aromatic rings. The largest absolute Gasteiger partial charge is 0.311 e. The molecule has 0 aromatic heterocycles. The van der Waals surface area contributed by atoms with Crippen molar-refractivity contribution in [3.63, 3.8) is 0 Å². The minimum atomic E-state index is -0.278. The Bertz CT molecular complexity index is 80.0. The van der Waals surface area contributed by atoms with E-state index >= 15 is 0 Å². The molecule has 0 aliphatic heterocycles. The van der Waals surface area contributed by atoms with E-state index in [1.54, 1.807) is 0 Å². The van der Waals surface area contributed by atoms with Crippen molar-refractivity contribution in [1.82, 2.24) is 5.32 Å². The van der Waals surface area contributed by atoms with Gasteiger partial charge in [-0.05, 0) is 12.8 Å². The van der Waals surface area contributed by atoms with Crippen LogP contribution >= 0.6 is 15.9 Å². The third-order valence-electron chi connectivity index (χ3n) is 1.66. The van der Waals surface area contributed by atoms with Crippen LogP contribution in [0.4, 0.5) is 4.39 Å². The Kier molecular flexibility index (Phi) is 6.33. The molecule has 0 rings (SSSR count). The lowest BCUT2D eigenvalue weighted by Crippen LogP contribution is -2.34. The molecule has 2 atom stereocenters. The molecule has 0 aromatic carbocycles. The van der Waals surface area contributed by atoms with Gasteiger partial charge in [-0.1, -0.05) is 22.9 Å². The van der Waals surface area contributed by atoms with Crippen molar-refractivity contribution in [2.24, 2.45) is 5.92 Å². The van der Waals surface area contributed by atoms with E-state index in [4.69, 9.17) is 0 Å². The fraction of sp³-hybridized carbons (Fsp3) is 1.00. The van der Waals surface area contributed by atoms with Gasteiger partial charge in [0.25, 0.3) is 0 Å². The van der Waals surface area contributed by atoms with Gasteiger partial charge in [-0.2, -0.15) is 0 Å². The minimum absolute atomic E-state index is 0.278. The molecular weight excluding hydrogens is 197 g/mol. The SMILES string of the molecule is CC(CBr)C(C)NCCF. The van der Waals surface area contributed by atoms with Crippen molar-refractivity contribution in [1.29, 1.82) is 0 Å². The highest BCUT2D eigenvalue weighted by Gasteiger charge is 2.08. The van der Waals surface area contributed by atoms with Crippen LogP contribution in [0.25, 0.3) is 0 Å². The van der Waals surface area contributed by atoms with E-state index in [0.29, 0.717) is 18.5 Å². The molecule has 2 unspecified atom stereocenters. The molecule has 0 aliphatic rings. The maximum absolute atomic E-state index is 11.6. The van der Waals surface area contributed by atoms with Crippen LogP contribution in [0.15, 0.2) is 0 Å². The summed E-state index contributed by atoms with van der Waals surface area (Å²) in [5.41, 5.74) is 0. The third-order valence-corrected chi connectivity index (χ3v) is 2.68. The highest BCUT2D eigenvalue weighted by molar-refractivity contribution is 9.09. The number of alkyl halides is 2. The van der Waals surface area contributed by atoms with Crippen molar-refractivity contribution in [2.45, 2.75) is 19.9 Å². The van der Waals surface area contributed by atoms with Crippen molar-refractivity contribution < 1.29 is 4.39 Å². The third kappa shape index (κ3) is 4.23. The van der Waals surface area contributed by atoms with Gasteiger partial charge in [0.1, 0.15) is 6.67 Å². The average Bonchev–Trinajstić information content (AvgIpc) is 1.98. The zero-order valence-electron chi connectivity index (χ0n) is 6.53. The molecule has 10 heavy (non-hydrogen) atoms. The first kappa shape index (κ1) is 10.4. The Balaban J connectivity index is 3.31. The normalized spacial score (nSPS) is 16.8. The summed E-state index contributed by atoms with van der Waals surface area (Å²) in [5.74, 6) is 0.562. The molecule has 1 nitrogen and oxygen atoms in total. The van der Waals surface area contributed by atoms with Crippen LogP contribution in [0.1, 0.15) is 13.8 Å². The van der Waals surface area contributed by atoms with Gasteiger partial charge in [0.2, 0.25) is 0 Å². The Hall–Kier alpha value is 0.370. The van der Waals surface area contributed by atoms with E-state index in [1.807, 2.05) is 0 Å². The molecule has 0 spiro atoms. The number of rotatable bonds is 5. The fourth-order valence-corrected chi connectivity index (χ4v) is 1.18. The first-order chi connectivity index (χ1) is 4.72. The van der Waals surface area contributed by atoms with Crippen LogP contribution in [-0.2, 0) is 0 Å². The first-order valence-corrected chi connectivity index (χ1v) is 4.69. The predicted molar refractivity (Wildman–Crippen MR) is 46.4 cm³/mol. The van der Waals surface area contributed by atoms with Gasteiger partial charge in [-0.3, -0.25) is 0 Å². The lowest BCUT2D eigenvalue weighted by atomic mass is 10.1. The molecule has 0 fully saturated rings. The fourth-order valence-electron chi connectivity index (χ4n) is 0.617. The van der Waals surface area contributed by atoms with Crippen molar-refractivity contribution in [3.05, 3.63) is 0 Å². The average molecular weight is 212 g/mol. The highest BCUT2D eigenvalue weighted by atomic mass is 79.9. The van der Waals surface area contributed by atoms with E-state index < -0.39 is 0 Å². The van der Waals surface area contributed by atoms with Crippen LogP contribution in [0, 0.1) is 5.92 Å². The predicted octanol–water partition coefficient (Wildman–Crippen LogP) is 1.96. The monoisotopic (exact) mass is 211 g/mol. The van der Waals surface area contributed by atoms with E-state index in [2.05, 4.69) is 35.1 Å². The van der Waals surface area contributed by atoms with E-state index in [1.165, 1.54) is 0 Å². The maximum atomic E-state index is 11.6. The quantitative estimate of drug-likeness (QED) is 0.687. The zero-order chi connectivity index (χ0) is 7.98. The lowest BCUT2D eigenvalue weighted by Gasteiger charge is -2.17. The summed E-state index contributed by atoms with van der Waals surface area (Å²) in [6.07, 6.45) is 0. The summed E-state index contributed by atoms with van der Waals surface area (Å²) in [4.78, 5) is 0. The minimum Gasteiger partial charge on any atom is -0.311 e. The number of hydrogen-bond donors (Lipinski definition) is 1. The van der Waals surface area contributed by atoms with E-state index in [0.717, 1.165) is 5.33 Å². The van der Waals surface area contributed by atoms with Crippen molar-refractivity contribution >= 4 is 15.9 Å². The molecule has 0 bridgehead atoms. The topological polar surface area (TPSA) is 12.0 Å². The number of halogens is 2. The van der Waals surface area contributed by atoms with E-state index in [-0.39, 0.29) is 6.67 Å². The van der Waals surface area contributed by atoms with Gasteiger partial charge in [-0.25, -0.2) is 4.39 Å². The molecular formula is C7H15BrFN. The highest BCUT2D eigenvalue weighted by Crippen LogP contribution is 2.04. The van der Waals surface area contributed by atoms with Gasteiger partial charge in [0.15, 0.2) is 0 Å². The lowest BCUT2D eigenvalue weighted by molar-refractivity contribution is 0.393. The summed E-state index contributed by atoms with van der Waals surface area (Å²) in [6.45, 7) is 4.39. The molecule has 0 heterocycles. The van der Waals surface area contributed by atoms with Crippen LogP contribution in [0.2, 0.25) is 0 Å². The van der Waals surface area contributed by atoms with Gasteiger partial charge in [0.05, 0.1) is 0 Å². The Labute approximate surface area is 70.5 Å². The first-order valence-electron chi connectivity index (χ1n) is 3.57. The molecule has 1 N–H and O–H groups in total. The van der Waals surface area contributed by atoms with Crippen molar-refractivity contribution in [3.8, 4) is 0 Å². The molecule has 0 saturated heterocycles. The van der Waals surface area contributed by atoms with Crippen molar-refractivity contribution in [2.75, 3.05) is 18.5 Å². The van der Waals surface area contributed by atoms with Gasteiger partial charge >= 0.3 is 0 Å². The summed E-state index contributed by atoms with van der Waals surface area (Å²) in [6, 6.07) is 0.398. The summed E-state index contributed by atoms with van der Waals surface area (Å²) in [7, 11) is 0. The van der Waals surface area contributed by atoms with Gasteiger partial charge in [0, 0.05) is 17.9 Å². The van der Waals surface area contributed by atoms with E-state index in [9.17, 15) is 4.39 Å². The molecule has 0 amide bonds. The molecule has 62 valence electrons. The summed E-state index contributed by atoms with van der Waals surface area (Å²) in [5, 5.41) is 4.04. The Morgan fingerprint density at radius 2 is 2.10 bits per heavy atom. The number of hydrogen-bond acceptors (Lipinski definition) is 1. The molecule has 3 heteroatoms. The second-order valence-corrected chi connectivity index (χ2v) is 3.21. The standard InChI is InChI=1S/C7H15BrFN/c1-6(5-8)7(2)10-4-3-9/h6-7,10H,3-5H2,1-2H3.